The van der Waals surface area contributed by atoms with Crippen molar-refractivity contribution in [2.75, 3.05) is 18.9 Å². The van der Waals surface area contributed by atoms with Gasteiger partial charge >= 0.3 is 0 Å². The number of hydrogen-bond acceptors (Lipinski definition) is 11. The molecular weight excluding hydrogens is 532 g/mol. The van der Waals surface area contributed by atoms with E-state index in [1.165, 1.54) is 24.3 Å². The fourth-order valence-electron chi connectivity index (χ4n) is 4.27. The first kappa shape index (κ1) is 29.8. The Balaban J connectivity index is 1.43. The summed E-state index contributed by atoms with van der Waals surface area (Å²) in [5.74, 6) is 6.19. The van der Waals surface area contributed by atoms with Crippen LogP contribution in [0.15, 0.2) is 36.9 Å². The number of nitrogens with zero attached hydrogens (tertiary/aromatic N) is 5. The van der Waals surface area contributed by atoms with E-state index < -0.39 is 36.8 Å². The van der Waals surface area contributed by atoms with Crippen LogP contribution < -0.4 is 16.4 Å². The summed E-state index contributed by atoms with van der Waals surface area (Å²) in [5.41, 5.74) is 8.25. The van der Waals surface area contributed by atoms with Gasteiger partial charge < -0.3 is 41.3 Å². The van der Waals surface area contributed by atoms with Crippen LogP contribution in [0.1, 0.15) is 31.2 Å². The highest BCUT2D eigenvalue weighted by Gasteiger charge is 2.48. The summed E-state index contributed by atoms with van der Waals surface area (Å²) >= 11 is 0. The number of aliphatic hydroxyl groups is 3. The van der Waals surface area contributed by atoms with E-state index in [4.69, 9.17) is 10.5 Å². The number of carbonyl (C=O) groups is 2. The molecule has 0 aliphatic carbocycles. The number of aromatic nitrogens is 4. The van der Waals surface area contributed by atoms with E-state index in [1.54, 1.807) is 0 Å². The van der Waals surface area contributed by atoms with Crippen LogP contribution >= 0.6 is 0 Å². The van der Waals surface area contributed by atoms with E-state index in [1.807, 2.05) is 38.1 Å². The van der Waals surface area contributed by atoms with Crippen molar-refractivity contribution in [3.8, 4) is 11.8 Å². The first-order valence-corrected chi connectivity index (χ1v) is 13.0. The number of anilines is 1. The van der Waals surface area contributed by atoms with Gasteiger partial charge in [-0.15, -0.1) is 0 Å². The number of hydrogen-bond donors (Lipinski definition) is 6. The molecule has 0 spiro atoms. The number of likely N-dealkylation sites (N-methyl/N-ethyl adjacent to an activating group) is 1. The molecule has 1 saturated heterocycles. The summed E-state index contributed by atoms with van der Waals surface area (Å²) in [6, 6.07) is 6.99. The van der Waals surface area contributed by atoms with E-state index in [2.05, 4.69) is 37.4 Å². The maximum Gasteiger partial charge on any atom is 0.237 e. The van der Waals surface area contributed by atoms with E-state index in [9.17, 15) is 24.9 Å². The van der Waals surface area contributed by atoms with Crippen molar-refractivity contribution in [3.63, 3.8) is 0 Å². The third kappa shape index (κ3) is 6.62. The number of ether oxygens (including phenoxy) is 1. The monoisotopic (exact) mass is 566 g/mol. The molecule has 41 heavy (non-hydrogen) atoms. The minimum atomic E-state index is -1.47. The molecular formula is C27H34N8O6. The summed E-state index contributed by atoms with van der Waals surface area (Å²) in [6.45, 7) is 4.34. The third-order valence-electron chi connectivity index (χ3n) is 6.78. The molecule has 1 aliphatic rings. The Morgan fingerprint density at radius 2 is 2.05 bits per heavy atom. The molecule has 1 unspecified atom stereocenters. The van der Waals surface area contributed by atoms with Crippen LogP contribution in [0.4, 0.5) is 5.82 Å². The first-order chi connectivity index (χ1) is 19.6. The molecule has 3 heterocycles. The molecule has 6 atom stereocenters. The molecule has 1 aliphatic heterocycles. The van der Waals surface area contributed by atoms with Crippen LogP contribution in [0.5, 0.6) is 0 Å². The van der Waals surface area contributed by atoms with E-state index in [-0.39, 0.29) is 18.4 Å². The van der Waals surface area contributed by atoms with E-state index >= 15 is 0 Å². The van der Waals surface area contributed by atoms with Gasteiger partial charge in [-0.3, -0.25) is 14.2 Å². The van der Waals surface area contributed by atoms with Crippen LogP contribution in [-0.4, -0.2) is 96.2 Å². The lowest BCUT2D eigenvalue weighted by atomic mass is 10.1. The molecule has 0 radical (unpaired) electrons. The number of nitrogens with one attached hydrogen (secondary N) is 2. The van der Waals surface area contributed by atoms with E-state index in [0.29, 0.717) is 29.9 Å². The molecule has 0 saturated carbocycles. The zero-order valence-electron chi connectivity index (χ0n) is 22.9. The number of rotatable bonds is 10. The van der Waals surface area contributed by atoms with Crippen LogP contribution in [-0.2, 0) is 20.9 Å². The van der Waals surface area contributed by atoms with Crippen molar-refractivity contribution in [2.24, 2.45) is 11.7 Å². The highest BCUT2D eigenvalue weighted by molar-refractivity contribution is 5.83. The second-order valence-electron chi connectivity index (χ2n) is 10.0. The molecule has 14 heteroatoms. The van der Waals surface area contributed by atoms with Crippen LogP contribution in [0.3, 0.4) is 0 Å². The largest absolute Gasteiger partial charge is 0.387 e. The number of imidazole rings is 1. The number of benzene rings is 1. The summed E-state index contributed by atoms with van der Waals surface area (Å²) in [7, 11) is 1.33. The number of carbonyl (C=O) groups excluding carboxylic acids is 2. The molecule has 7 N–H and O–H groups in total. The number of amides is 2. The summed E-state index contributed by atoms with van der Waals surface area (Å²) in [4.78, 5) is 36.8. The molecule has 14 nitrogen and oxygen atoms in total. The Morgan fingerprint density at radius 3 is 2.78 bits per heavy atom. The third-order valence-corrected chi connectivity index (χ3v) is 6.78. The first-order valence-electron chi connectivity index (χ1n) is 13.0. The summed E-state index contributed by atoms with van der Waals surface area (Å²) in [5, 5.41) is 37.3. The molecule has 1 fully saturated rings. The summed E-state index contributed by atoms with van der Waals surface area (Å²) < 4.78 is 7.17. The minimum absolute atomic E-state index is 0.0375. The standard InChI is InChI=1S/C27H34N8O6/c1-15(2)18(28)25(39)29-9-5-8-16-6-4-7-17(10-16)11-30-23-19-24(32-12-31-23)35(13-33-19)27-21(38)20(37)22(41-27)26(40)34(3)14-36/h4,6-7,10,12-15,18,20-22,26-27,37-38,40H,9,11,28H2,1-3H3,(H,29,39)(H,30,31,32)/t18-,20-,21+,22-,26?,27+/m0/s1. The van der Waals surface area contributed by atoms with Crippen LogP contribution in [0, 0.1) is 17.8 Å². The Morgan fingerprint density at radius 1 is 1.27 bits per heavy atom. The van der Waals surface area contributed by atoms with Crippen molar-refractivity contribution >= 4 is 29.3 Å². The van der Waals surface area contributed by atoms with Crippen molar-refractivity contribution < 1.29 is 29.6 Å². The predicted molar refractivity (Wildman–Crippen MR) is 148 cm³/mol. The Kier molecular flexibility index (Phi) is 9.48. The normalized spacial score (nSPS) is 21.7. The van der Waals surface area contributed by atoms with Crippen molar-refractivity contribution in [1.82, 2.24) is 29.7 Å². The molecule has 1 aromatic carbocycles. The molecule has 218 valence electrons. The average molecular weight is 567 g/mol. The highest BCUT2D eigenvalue weighted by atomic mass is 16.6. The quantitative estimate of drug-likeness (QED) is 0.0990. The van der Waals surface area contributed by atoms with E-state index in [0.717, 1.165) is 16.0 Å². The van der Waals surface area contributed by atoms with Gasteiger partial charge in [0.2, 0.25) is 12.3 Å². The number of fused-ring (bicyclic) bond motifs is 1. The Hall–Kier alpha value is -4.13. The van der Waals surface area contributed by atoms with Gasteiger partial charge in [0.15, 0.2) is 29.4 Å². The Bertz CT molecular complexity index is 1440. The van der Waals surface area contributed by atoms with Crippen LogP contribution in [0.2, 0.25) is 0 Å². The fourth-order valence-corrected chi connectivity index (χ4v) is 4.27. The number of nitrogens with two attached hydrogens (primary N) is 1. The fraction of sp³-hybridized carbons (Fsp3) is 0.444. The highest BCUT2D eigenvalue weighted by Crippen LogP contribution is 2.34. The maximum atomic E-state index is 12.0. The lowest BCUT2D eigenvalue weighted by molar-refractivity contribution is -0.149. The van der Waals surface area contributed by atoms with Gasteiger partial charge in [-0.25, -0.2) is 15.0 Å². The SMILES string of the molecule is CC(C)[C@H](N)C(=O)NCC#Cc1cccc(CNc2ncnc3c2ncn3[C@@H]2O[C@H](C(O)N(C)C=O)[C@@H](O)[C@H]2O)c1. The zero-order valence-corrected chi connectivity index (χ0v) is 22.9. The average Bonchev–Trinajstić information content (AvgIpc) is 3.53. The molecule has 2 amide bonds. The lowest BCUT2D eigenvalue weighted by Crippen LogP contribution is -2.46. The predicted octanol–water partition coefficient (Wildman–Crippen LogP) is -1.08. The minimum Gasteiger partial charge on any atom is -0.387 e. The van der Waals surface area contributed by atoms with Crippen molar-refractivity contribution in [3.05, 3.63) is 48.0 Å². The van der Waals surface area contributed by atoms with Gasteiger partial charge in [0.05, 0.1) is 18.9 Å². The van der Waals surface area contributed by atoms with Crippen molar-refractivity contribution in [1.29, 1.82) is 0 Å². The second kappa shape index (κ2) is 13.0. The zero-order chi connectivity index (χ0) is 29.7. The summed E-state index contributed by atoms with van der Waals surface area (Å²) in [6.07, 6.45) is -3.58. The van der Waals surface area contributed by atoms with Crippen molar-refractivity contribution in [2.45, 2.75) is 57.2 Å². The van der Waals surface area contributed by atoms with Crippen LogP contribution in [0.25, 0.3) is 11.2 Å². The molecule has 2 aromatic heterocycles. The van der Waals surface area contributed by atoms with Gasteiger partial charge in [0, 0.05) is 19.2 Å². The number of aliphatic hydroxyl groups excluding tert-OH is 3. The van der Waals surface area contributed by atoms with Gasteiger partial charge in [-0.05, 0) is 23.6 Å². The van der Waals surface area contributed by atoms with Gasteiger partial charge in [0.1, 0.15) is 24.6 Å². The maximum absolute atomic E-state index is 12.0. The molecule has 4 rings (SSSR count). The second-order valence-corrected chi connectivity index (χ2v) is 10.0. The van der Waals surface area contributed by atoms with Gasteiger partial charge in [-0.1, -0.05) is 37.8 Å². The van der Waals surface area contributed by atoms with Gasteiger partial charge in [0.25, 0.3) is 0 Å². The smallest absolute Gasteiger partial charge is 0.237 e. The lowest BCUT2D eigenvalue weighted by Gasteiger charge is -2.26. The topological polar surface area (TPSA) is 201 Å². The Labute approximate surface area is 236 Å². The molecule has 0 bridgehead atoms. The molecule has 3 aromatic rings. The van der Waals surface area contributed by atoms with Gasteiger partial charge in [-0.2, -0.15) is 0 Å².